The molecule has 1 aromatic heterocycles. The summed E-state index contributed by atoms with van der Waals surface area (Å²) < 4.78 is 34.4. The standard InChI is InChI=1S/C25H26ClN3O4S/c26-21-15-27-14-19-8-4-10-23(24(19)21)34(31,32)28-13-11-22-20(16-28)9-5-12-29(22)25(30)33-17-18-6-2-1-3-7-18/h1-4,6-8,10,14-15,20,22H,5,9,11-13,16-17H2. The van der Waals surface area contributed by atoms with Gasteiger partial charge in [-0.1, -0.05) is 54.1 Å². The lowest BCUT2D eigenvalue weighted by Crippen LogP contribution is -2.56. The van der Waals surface area contributed by atoms with Crippen molar-refractivity contribution in [2.45, 2.75) is 36.8 Å². The first kappa shape index (κ1) is 23.1. The average molecular weight is 500 g/mol. The maximum atomic E-state index is 13.6. The predicted molar refractivity (Wildman–Crippen MR) is 130 cm³/mol. The van der Waals surface area contributed by atoms with Gasteiger partial charge in [0.1, 0.15) is 6.61 Å². The Balaban J connectivity index is 1.32. The number of rotatable bonds is 4. The van der Waals surface area contributed by atoms with E-state index in [2.05, 4.69) is 4.98 Å². The molecule has 0 N–H and O–H groups in total. The van der Waals surface area contributed by atoms with Crippen molar-refractivity contribution in [1.82, 2.24) is 14.2 Å². The fraction of sp³-hybridized carbons (Fsp3) is 0.360. The number of sulfonamides is 1. The molecule has 9 heteroatoms. The molecule has 0 radical (unpaired) electrons. The third-order valence-corrected chi connectivity index (χ3v) is 8.98. The molecular formula is C25H26ClN3O4S. The number of benzene rings is 2. The van der Waals surface area contributed by atoms with Crippen LogP contribution in [0.3, 0.4) is 0 Å². The fourth-order valence-electron chi connectivity index (χ4n) is 5.13. The molecule has 178 valence electrons. The van der Waals surface area contributed by atoms with Gasteiger partial charge in [0.05, 0.1) is 9.92 Å². The molecule has 2 saturated heterocycles. The number of ether oxygens (including phenoxy) is 1. The zero-order valence-corrected chi connectivity index (χ0v) is 20.2. The van der Waals surface area contributed by atoms with E-state index in [0.29, 0.717) is 41.9 Å². The van der Waals surface area contributed by atoms with E-state index in [4.69, 9.17) is 16.3 Å². The number of carbonyl (C=O) groups excluding carboxylic acids is 1. The number of aromatic nitrogens is 1. The molecule has 3 aromatic rings. The number of nitrogens with zero attached hydrogens (tertiary/aromatic N) is 3. The highest BCUT2D eigenvalue weighted by Crippen LogP contribution is 2.36. The van der Waals surface area contributed by atoms with Crippen molar-refractivity contribution in [3.8, 4) is 0 Å². The fourth-order valence-corrected chi connectivity index (χ4v) is 7.20. The molecule has 1 amide bonds. The number of fused-ring (bicyclic) bond motifs is 2. The van der Waals surface area contributed by atoms with Crippen LogP contribution in [0, 0.1) is 5.92 Å². The third-order valence-electron chi connectivity index (χ3n) is 6.79. The van der Waals surface area contributed by atoms with Crippen LogP contribution in [0.4, 0.5) is 4.79 Å². The van der Waals surface area contributed by atoms with E-state index in [1.54, 1.807) is 33.6 Å². The van der Waals surface area contributed by atoms with E-state index in [1.165, 1.54) is 6.20 Å². The Morgan fingerprint density at radius 3 is 2.71 bits per heavy atom. The quantitative estimate of drug-likeness (QED) is 0.520. The van der Waals surface area contributed by atoms with Gasteiger partial charge in [-0.2, -0.15) is 4.31 Å². The van der Waals surface area contributed by atoms with E-state index < -0.39 is 10.0 Å². The van der Waals surface area contributed by atoms with Gasteiger partial charge in [0.25, 0.3) is 0 Å². The lowest BCUT2D eigenvalue weighted by molar-refractivity contribution is 0.0271. The third kappa shape index (κ3) is 4.37. The maximum absolute atomic E-state index is 13.6. The first-order chi connectivity index (χ1) is 16.4. The molecule has 2 fully saturated rings. The lowest BCUT2D eigenvalue weighted by Gasteiger charge is -2.46. The van der Waals surface area contributed by atoms with Crippen LogP contribution in [0.25, 0.3) is 10.8 Å². The second-order valence-electron chi connectivity index (χ2n) is 8.83. The number of carbonyl (C=O) groups is 1. The Morgan fingerprint density at radius 1 is 1.06 bits per heavy atom. The highest BCUT2D eigenvalue weighted by Gasteiger charge is 2.42. The number of pyridine rings is 1. The van der Waals surface area contributed by atoms with Crippen LogP contribution in [-0.2, 0) is 21.4 Å². The number of amides is 1. The van der Waals surface area contributed by atoms with Gasteiger partial charge in [-0.25, -0.2) is 13.2 Å². The molecular weight excluding hydrogens is 474 g/mol. The van der Waals surface area contributed by atoms with Gasteiger partial charge in [-0.15, -0.1) is 0 Å². The van der Waals surface area contributed by atoms with Gasteiger partial charge in [-0.05, 0) is 36.8 Å². The number of halogens is 1. The molecule has 3 heterocycles. The van der Waals surface area contributed by atoms with Crippen molar-refractivity contribution < 1.29 is 17.9 Å². The van der Waals surface area contributed by atoms with E-state index >= 15 is 0 Å². The number of piperidine rings is 2. The molecule has 5 rings (SSSR count). The minimum absolute atomic E-state index is 0.0243. The Labute approximate surface area is 204 Å². The first-order valence-electron chi connectivity index (χ1n) is 11.4. The van der Waals surface area contributed by atoms with Crippen LogP contribution in [0.1, 0.15) is 24.8 Å². The molecule has 2 aliphatic heterocycles. The summed E-state index contributed by atoms with van der Waals surface area (Å²) in [5, 5.41) is 1.50. The molecule has 2 aromatic carbocycles. The van der Waals surface area contributed by atoms with Gasteiger partial charge >= 0.3 is 6.09 Å². The summed E-state index contributed by atoms with van der Waals surface area (Å²) in [5.41, 5.74) is 0.939. The maximum Gasteiger partial charge on any atom is 0.410 e. The normalized spacial score (nSPS) is 21.3. The SMILES string of the molecule is O=C(OCc1ccccc1)N1CCCC2CN(S(=O)(=O)c3cccc4cncc(Cl)c34)CCC21. The minimum Gasteiger partial charge on any atom is -0.445 e. The van der Waals surface area contributed by atoms with Gasteiger partial charge < -0.3 is 9.64 Å². The van der Waals surface area contributed by atoms with Crippen LogP contribution in [-0.4, -0.2) is 54.4 Å². The molecule has 0 aliphatic carbocycles. The molecule has 0 bridgehead atoms. The van der Waals surface area contributed by atoms with E-state index in [1.807, 2.05) is 30.3 Å². The monoisotopic (exact) mass is 499 g/mol. The van der Waals surface area contributed by atoms with Crippen molar-refractivity contribution in [1.29, 1.82) is 0 Å². The molecule has 2 aliphatic rings. The molecule has 0 spiro atoms. The van der Waals surface area contributed by atoms with Crippen molar-refractivity contribution in [2.24, 2.45) is 5.92 Å². The Bertz CT molecular complexity index is 1300. The summed E-state index contributed by atoms with van der Waals surface area (Å²) in [4.78, 5) is 18.9. The van der Waals surface area contributed by atoms with Gasteiger partial charge in [-0.3, -0.25) is 4.98 Å². The lowest BCUT2D eigenvalue weighted by atomic mass is 9.85. The summed E-state index contributed by atoms with van der Waals surface area (Å²) in [5.74, 6) is 0.0636. The van der Waals surface area contributed by atoms with Crippen molar-refractivity contribution in [2.75, 3.05) is 19.6 Å². The van der Waals surface area contributed by atoms with E-state index in [9.17, 15) is 13.2 Å². The van der Waals surface area contributed by atoms with E-state index in [-0.39, 0.29) is 29.6 Å². The smallest absolute Gasteiger partial charge is 0.410 e. The van der Waals surface area contributed by atoms with Crippen LogP contribution in [0.5, 0.6) is 0 Å². The average Bonchev–Trinajstić information content (AvgIpc) is 2.87. The Kier molecular flexibility index (Phi) is 6.46. The molecule has 7 nitrogen and oxygen atoms in total. The second-order valence-corrected chi connectivity index (χ2v) is 11.1. The van der Waals surface area contributed by atoms with Crippen LogP contribution >= 0.6 is 11.6 Å². The van der Waals surface area contributed by atoms with Crippen LogP contribution in [0.2, 0.25) is 5.02 Å². The van der Waals surface area contributed by atoms with Gasteiger partial charge in [0.15, 0.2) is 0 Å². The van der Waals surface area contributed by atoms with Crippen LogP contribution < -0.4 is 0 Å². The summed E-state index contributed by atoms with van der Waals surface area (Å²) in [6, 6.07) is 14.7. The summed E-state index contributed by atoms with van der Waals surface area (Å²) in [6.07, 6.45) is 5.02. The Morgan fingerprint density at radius 2 is 1.88 bits per heavy atom. The van der Waals surface area contributed by atoms with Gasteiger partial charge in [0, 0.05) is 48.8 Å². The van der Waals surface area contributed by atoms with Crippen molar-refractivity contribution in [3.63, 3.8) is 0 Å². The number of hydrogen-bond acceptors (Lipinski definition) is 5. The van der Waals surface area contributed by atoms with Crippen LogP contribution in [0.15, 0.2) is 65.8 Å². The summed E-state index contributed by atoms with van der Waals surface area (Å²) in [6.45, 7) is 1.57. The number of likely N-dealkylation sites (tertiary alicyclic amines) is 1. The Hall–Kier alpha value is -2.68. The molecule has 2 atom stereocenters. The zero-order valence-electron chi connectivity index (χ0n) is 18.6. The number of hydrogen-bond donors (Lipinski definition) is 0. The zero-order chi connectivity index (χ0) is 23.7. The van der Waals surface area contributed by atoms with Crippen molar-refractivity contribution >= 4 is 38.5 Å². The van der Waals surface area contributed by atoms with E-state index in [0.717, 1.165) is 18.4 Å². The molecule has 34 heavy (non-hydrogen) atoms. The predicted octanol–water partition coefficient (Wildman–Crippen LogP) is 4.70. The minimum atomic E-state index is -3.76. The topological polar surface area (TPSA) is 79.8 Å². The largest absolute Gasteiger partial charge is 0.445 e. The second kappa shape index (κ2) is 9.52. The highest BCUT2D eigenvalue weighted by atomic mass is 35.5. The van der Waals surface area contributed by atoms with Crippen molar-refractivity contribution in [3.05, 3.63) is 71.5 Å². The highest BCUT2D eigenvalue weighted by molar-refractivity contribution is 7.89. The molecule has 2 unspecified atom stereocenters. The summed E-state index contributed by atoms with van der Waals surface area (Å²) in [7, 11) is -3.76. The first-order valence-corrected chi connectivity index (χ1v) is 13.3. The summed E-state index contributed by atoms with van der Waals surface area (Å²) >= 11 is 6.34. The molecule has 0 saturated carbocycles. The van der Waals surface area contributed by atoms with Gasteiger partial charge in [0.2, 0.25) is 10.0 Å².